The number of hydrogen-bond acceptors (Lipinski definition) is 3. The van der Waals surface area contributed by atoms with E-state index in [9.17, 15) is 0 Å². The first-order chi connectivity index (χ1) is 7.37. The lowest BCUT2D eigenvalue weighted by molar-refractivity contribution is 0.386. The second-order valence-electron chi connectivity index (χ2n) is 4.46. The zero-order valence-electron chi connectivity index (χ0n) is 10.1. The summed E-state index contributed by atoms with van der Waals surface area (Å²) < 4.78 is 10.4. The van der Waals surface area contributed by atoms with Gasteiger partial charge in [0.1, 0.15) is 11.5 Å². The van der Waals surface area contributed by atoms with E-state index in [1.807, 2.05) is 19.9 Å². The molecule has 90 valence electrons. The second kappa shape index (κ2) is 4.93. The Balaban J connectivity index is 3.13. The number of nitrogens with two attached hydrogens (primary N) is 1. The Bertz CT molecular complexity index is 372. The SMILES string of the molecule is COc1cc(OC)c(CC(C)(C)N)cc1Cl. The van der Waals surface area contributed by atoms with Crippen LogP contribution in [0.2, 0.25) is 5.02 Å². The van der Waals surface area contributed by atoms with Crippen LogP contribution in [0.25, 0.3) is 0 Å². The highest BCUT2D eigenvalue weighted by molar-refractivity contribution is 6.32. The molecule has 0 saturated heterocycles. The smallest absolute Gasteiger partial charge is 0.141 e. The number of rotatable bonds is 4. The van der Waals surface area contributed by atoms with Gasteiger partial charge >= 0.3 is 0 Å². The molecule has 0 aliphatic carbocycles. The van der Waals surface area contributed by atoms with Gasteiger partial charge in [-0.2, -0.15) is 0 Å². The molecule has 0 saturated carbocycles. The van der Waals surface area contributed by atoms with Crippen LogP contribution >= 0.6 is 11.6 Å². The van der Waals surface area contributed by atoms with E-state index in [0.717, 1.165) is 11.3 Å². The minimum absolute atomic E-state index is 0.300. The first kappa shape index (κ1) is 13.1. The summed E-state index contributed by atoms with van der Waals surface area (Å²) in [6.45, 7) is 3.93. The van der Waals surface area contributed by atoms with Crippen molar-refractivity contribution in [2.75, 3.05) is 14.2 Å². The van der Waals surface area contributed by atoms with Crippen molar-refractivity contribution in [2.45, 2.75) is 25.8 Å². The maximum absolute atomic E-state index is 6.07. The van der Waals surface area contributed by atoms with Crippen LogP contribution in [-0.2, 0) is 6.42 Å². The third-order valence-corrected chi connectivity index (χ3v) is 2.50. The fourth-order valence-corrected chi connectivity index (χ4v) is 1.81. The minimum Gasteiger partial charge on any atom is -0.496 e. The van der Waals surface area contributed by atoms with Gasteiger partial charge in [-0.1, -0.05) is 11.6 Å². The summed E-state index contributed by atoms with van der Waals surface area (Å²) in [5.41, 5.74) is 6.67. The number of halogens is 1. The average Bonchev–Trinajstić information content (AvgIpc) is 2.16. The predicted molar refractivity (Wildman–Crippen MR) is 66.5 cm³/mol. The molecule has 0 spiro atoms. The van der Waals surface area contributed by atoms with Gasteiger partial charge in [0, 0.05) is 11.6 Å². The summed E-state index contributed by atoms with van der Waals surface area (Å²) in [5.74, 6) is 1.36. The summed E-state index contributed by atoms with van der Waals surface area (Å²) in [7, 11) is 3.20. The van der Waals surface area contributed by atoms with Crippen molar-refractivity contribution in [3.63, 3.8) is 0 Å². The molecule has 0 aliphatic rings. The van der Waals surface area contributed by atoms with Gasteiger partial charge in [0.15, 0.2) is 0 Å². The van der Waals surface area contributed by atoms with Gasteiger partial charge in [0.2, 0.25) is 0 Å². The molecule has 3 nitrogen and oxygen atoms in total. The molecule has 1 aromatic carbocycles. The molecule has 2 N–H and O–H groups in total. The minimum atomic E-state index is -0.300. The Morgan fingerprint density at radius 3 is 2.19 bits per heavy atom. The molecule has 1 rings (SSSR count). The first-order valence-electron chi connectivity index (χ1n) is 5.06. The molecular weight excluding hydrogens is 226 g/mol. The molecule has 4 heteroatoms. The number of hydrogen-bond donors (Lipinski definition) is 1. The molecule has 0 radical (unpaired) electrons. The van der Waals surface area contributed by atoms with Crippen molar-refractivity contribution in [1.29, 1.82) is 0 Å². The van der Waals surface area contributed by atoms with Crippen molar-refractivity contribution in [3.05, 3.63) is 22.7 Å². The Morgan fingerprint density at radius 2 is 1.75 bits per heavy atom. The van der Waals surface area contributed by atoms with Gasteiger partial charge in [0.05, 0.1) is 19.2 Å². The van der Waals surface area contributed by atoms with E-state index >= 15 is 0 Å². The van der Waals surface area contributed by atoms with Crippen LogP contribution in [0.3, 0.4) is 0 Å². The fourth-order valence-electron chi connectivity index (χ4n) is 1.55. The van der Waals surface area contributed by atoms with E-state index in [-0.39, 0.29) is 5.54 Å². The quantitative estimate of drug-likeness (QED) is 0.884. The van der Waals surface area contributed by atoms with Gasteiger partial charge in [-0.15, -0.1) is 0 Å². The molecule has 0 heterocycles. The highest BCUT2D eigenvalue weighted by Gasteiger charge is 2.17. The Hall–Kier alpha value is -0.930. The highest BCUT2D eigenvalue weighted by atomic mass is 35.5. The lowest BCUT2D eigenvalue weighted by Crippen LogP contribution is -2.34. The van der Waals surface area contributed by atoms with Crippen LogP contribution in [0.15, 0.2) is 12.1 Å². The Labute approximate surface area is 101 Å². The molecule has 0 unspecified atom stereocenters. The number of ether oxygens (including phenoxy) is 2. The topological polar surface area (TPSA) is 44.5 Å². The zero-order valence-corrected chi connectivity index (χ0v) is 10.9. The van der Waals surface area contributed by atoms with E-state index in [0.29, 0.717) is 17.2 Å². The maximum atomic E-state index is 6.07. The summed E-state index contributed by atoms with van der Waals surface area (Å²) in [5, 5.41) is 0.572. The summed E-state index contributed by atoms with van der Waals surface area (Å²) in [6.07, 6.45) is 0.694. The molecule has 0 fully saturated rings. The monoisotopic (exact) mass is 243 g/mol. The second-order valence-corrected chi connectivity index (χ2v) is 4.87. The van der Waals surface area contributed by atoms with E-state index in [2.05, 4.69) is 0 Å². The molecule has 0 bridgehead atoms. The standard InChI is InChI=1S/C12H18ClNO2/c1-12(2,14)7-8-5-9(13)11(16-4)6-10(8)15-3/h5-6H,7,14H2,1-4H3. The predicted octanol–water partition coefficient (Wildman–Crippen LogP) is 2.64. The van der Waals surface area contributed by atoms with Crippen molar-refractivity contribution in [3.8, 4) is 11.5 Å². The van der Waals surface area contributed by atoms with Crippen molar-refractivity contribution in [1.82, 2.24) is 0 Å². The van der Waals surface area contributed by atoms with E-state index in [1.54, 1.807) is 20.3 Å². The van der Waals surface area contributed by atoms with Gasteiger partial charge in [-0.25, -0.2) is 0 Å². The maximum Gasteiger partial charge on any atom is 0.141 e. The number of methoxy groups -OCH3 is 2. The summed E-state index contributed by atoms with van der Waals surface area (Å²) in [4.78, 5) is 0. The summed E-state index contributed by atoms with van der Waals surface area (Å²) in [6, 6.07) is 3.62. The Morgan fingerprint density at radius 1 is 1.19 bits per heavy atom. The third-order valence-electron chi connectivity index (χ3n) is 2.20. The van der Waals surface area contributed by atoms with Gasteiger partial charge in [0.25, 0.3) is 0 Å². The van der Waals surface area contributed by atoms with Gasteiger partial charge in [-0.05, 0) is 31.9 Å². The molecule has 0 atom stereocenters. The van der Waals surface area contributed by atoms with E-state index < -0.39 is 0 Å². The van der Waals surface area contributed by atoms with E-state index in [4.69, 9.17) is 26.8 Å². The first-order valence-corrected chi connectivity index (χ1v) is 5.44. The molecular formula is C12H18ClNO2. The van der Waals surface area contributed by atoms with Gasteiger partial charge < -0.3 is 15.2 Å². The molecule has 0 aliphatic heterocycles. The average molecular weight is 244 g/mol. The lowest BCUT2D eigenvalue weighted by Gasteiger charge is -2.20. The van der Waals surface area contributed by atoms with Crippen LogP contribution < -0.4 is 15.2 Å². The fraction of sp³-hybridized carbons (Fsp3) is 0.500. The largest absolute Gasteiger partial charge is 0.496 e. The molecule has 0 aromatic heterocycles. The zero-order chi connectivity index (χ0) is 12.3. The third kappa shape index (κ3) is 3.29. The van der Waals surface area contributed by atoms with Crippen LogP contribution in [0.5, 0.6) is 11.5 Å². The van der Waals surface area contributed by atoms with Crippen LogP contribution in [0.1, 0.15) is 19.4 Å². The Kier molecular flexibility index (Phi) is 4.05. The van der Waals surface area contributed by atoms with Crippen LogP contribution in [0, 0.1) is 0 Å². The van der Waals surface area contributed by atoms with Crippen LogP contribution in [-0.4, -0.2) is 19.8 Å². The molecule has 0 amide bonds. The number of benzene rings is 1. The molecule has 1 aromatic rings. The van der Waals surface area contributed by atoms with Crippen LogP contribution in [0.4, 0.5) is 0 Å². The summed E-state index contributed by atoms with van der Waals surface area (Å²) >= 11 is 6.07. The van der Waals surface area contributed by atoms with Crippen molar-refractivity contribution < 1.29 is 9.47 Å². The normalized spacial score (nSPS) is 11.4. The molecule has 16 heavy (non-hydrogen) atoms. The van der Waals surface area contributed by atoms with Gasteiger partial charge in [-0.3, -0.25) is 0 Å². The van der Waals surface area contributed by atoms with Crippen molar-refractivity contribution >= 4 is 11.6 Å². The van der Waals surface area contributed by atoms with E-state index in [1.165, 1.54) is 0 Å². The lowest BCUT2D eigenvalue weighted by atomic mass is 9.95. The van der Waals surface area contributed by atoms with Crippen molar-refractivity contribution in [2.24, 2.45) is 5.73 Å². The highest BCUT2D eigenvalue weighted by Crippen LogP contribution is 2.33.